The van der Waals surface area contributed by atoms with Crippen LogP contribution in [0.25, 0.3) is 10.1 Å². The lowest BCUT2D eigenvalue weighted by Crippen LogP contribution is -2.41. The molecule has 2 fully saturated rings. The maximum Gasteiger partial charge on any atom is 0.265 e. The van der Waals surface area contributed by atoms with Crippen LogP contribution >= 0.6 is 22.9 Å². The summed E-state index contributed by atoms with van der Waals surface area (Å²) < 4.78 is 14.6. The van der Waals surface area contributed by atoms with Gasteiger partial charge in [0, 0.05) is 23.2 Å². The standard InChI is InChI=1S/C17H18ClFN2O2S/c18-15-14-10(19)4-3-5-13(14)24-16(15)17(23)21-8-11(12(22)9-21)20-6-1-2-7-20/h3-5,11-12,22H,1-2,6-9H2/t11-,12-/m0/s1. The monoisotopic (exact) mass is 368 g/mol. The van der Waals surface area contributed by atoms with E-state index in [1.165, 1.54) is 17.4 Å². The summed E-state index contributed by atoms with van der Waals surface area (Å²) in [5.41, 5.74) is 0. The number of likely N-dealkylation sites (tertiary alicyclic amines) is 2. The number of amides is 1. The fourth-order valence-electron chi connectivity index (χ4n) is 3.72. The Labute approximate surface area is 148 Å². The largest absolute Gasteiger partial charge is 0.390 e. The Morgan fingerprint density at radius 3 is 2.75 bits per heavy atom. The van der Waals surface area contributed by atoms with Crippen LogP contribution in [0, 0.1) is 5.82 Å². The first kappa shape index (κ1) is 16.3. The third-order valence-electron chi connectivity index (χ3n) is 4.96. The molecule has 0 saturated carbocycles. The first-order valence-electron chi connectivity index (χ1n) is 8.14. The Morgan fingerprint density at radius 1 is 1.29 bits per heavy atom. The van der Waals surface area contributed by atoms with Gasteiger partial charge in [0.25, 0.3) is 5.91 Å². The van der Waals surface area contributed by atoms with Gasteiger partial charge in [-0.2, -0.15) is 0 Å². The SMILES string of the molecule is O=C(c1sc2cccc(F)c2c1Cl)N1C[C@H](O)[C@@H](N2CCCC2)C1. The van der Waals surface area contributed by atoms with Crippen LogP contribution in [0.15, 0.2) is 18.2 Å². The van der Waals surface area contributed by atoms with Crippen molar-refractivity contribution in [3.8, 4) is 0 Å². The number of carbonyl (C=O) groups is 1. The van der Waals surface area contributed by atoms with E-state index in [2.05, 4.69) is 4.90 Å². The third kappa shape index (κ3) is 2.62. The summed E-state index contributed by atoms with van der Waals surface area (Å²) in [5, 5.41) is 10.8. The van der Waals surface area contributed by atoms with E-state index in [1.807, 2.05) is 0 Å². The summed E-state index contributed by atoms with van der Waals surface area (Å²) in [6, 6.07) is 4.71. The van der Waals surface area contributed by atoms with Crippen LogP contribution in [0.3, 0.4) is 0 Å². The van der Waals surface area contributed by atoms with Crippen molar-refractivity contribution in [3.63, 3.8) is 0 Å². The Hall–Kier alpha value is -1.21. The Kier molecular flexibility index (Phi) is 4.24. The molecule has 4 nitrogen and oxygen atoms in total. The molecule has 128 valence electrons. The number of aliphatic hydroxyl groups excluding tert-OH is 1. The highest BCUT2D eigenvalue weighted by atomic mass is 35.5. The number of fused-ring (bicyclic) bond motifs is 1. The number of rotatable bonds is 2. The number of halogens is 2. The molecule has 0 unspecified atom stereocenters. The maximum absolute atomic E-state index is 14.0. The lowest BCUT2D eigenvalue weighted by Gasteiger charge is -2.25. The number of aliphatic hydroxyl groups is 1. The van der Waals surface area contributed by atoms with Crippen molar-refractivity contribution in [1.29, 1.82) is 0 Å². The van der Waals surface area contributed by atoms with E-state index in [4.69, 9.17) is 11.6 Å². The molecule has 2 aromatic rings. The zero-order valence-corrected chi connectivity index (χ0v) is 14.6. The second kappa shape index (κ2) is 6.26. The van der Waals surface area contributed by atoms with Crippen LogP contribution in [0.2, 0.25) is 5.02 Å². The van der Waals surface area contributed by atoms with Crippen LogP contribution in [0.5, 0.6) is 0 Å². The van der Waals surface area contributed by atoms with Crippen molar-refractivity contribution < 1.29 is 14.3 Å². The number of nitrogens with zero attached hydrogens (tertiary/aromatic N) is 2. The molecule has 3 heterocycles. The molecule has 24 heavy (non-hydrogen) atoms. The fraction of sp³-hybridized carbons (Fsp3) is 0.471. The Bertz CT molecular complexity index is 790. The first-order valence-corrected chi connectivity index (χ1v) is 9.33. The predicted octanol–water partition coefficient (Wildman–Crippen LogP) is 2.97. The predicted molar refractivity (Wildman–Crippen MR) is 93.3 cm³/mol. The van der Waals surface area contributed by atoms with Gasteiger partial charge in [-0.3, -0.25) is 9.69 Å². The van der Waals surface area contributed by atoms with E-state index in [9.17, 15) is 14.3 Å². The van der Waals surface area contributed by atoms with Crippen LogP contribution in [0.1, 0.15) is 22.5 Å². The van der Waals surface area contributed by atoms with E-state index < -0.39 is 11.9 Å². The van der Waals surface area contributed by atoms with Gasteiger partial charge >= 0.3 is 0 Å². The van der Waals surface area contributed by atoms with Gasteiger partial charge in [0.2, 0.25) is 0 Å². The molecule has 0 aliphatic carbocycles. The molecule has 0 spiro atoms. The number of β-amino-alcohol motifs (C(OH)–C–C–N with tert-alkyl or cyclic N) is 1. The molecule has 4 rings (SSSR count). The van der Waals surface area contributed by atoms with E-state index in [0.717, 1.165) is 25.9 Å². The molecule has 0 bridgehead atoms. The van der Waals surface area contributed by atoms with Gasteiger partial charge in [0.1, 0.15) is 10.7 Å². The lowest BCUT2D eigenvalue weighted by molar-refractivity contribution is 0.0768. The molecule has 2 saturated heterocycles. The number of carbonyl (C=O) groups excluding carboxylic acids is 1. The second-order valence-corrected chi connectivity index (χ2v) is 7.88. The number of benzene rings is 1. The van der Waals surface area contributed by atoms with Gasteiger partial charge in [0.05, 0.1) is 17.2 Å². The Morgan fingerprint density at radius 2 is 2.04 bits per heavy atom. The molecule has 2 atom stereocenters. The normalized spacial score (nSPS) is 25.0. The first-order chi connectivity index (χ1) is 11.6. The van der Waals surface area contributed by atoms with Gasteiger partial charge in [-0.05, 0) is 38.1 Å². The van der Waals surface area contributed by atoms with Gasteiger partial charge in [-0.25, -0.2) is 4.39 Å². The molecule has 2 aliphatic rings. The molecule has 7 heteroatoms. The molecule has 2 aliphatic heterocycles. The van der Waals surface area contributed by atoms with Crippen molar-refractivity contribution in [2.75, 3.05) is 26.2 Å². The highest BCUT2D eigenvalue weighted by Gasteiger charge is 2.39. The summed E-state index contributed by atoms with van der Waals surface area (Å²) in [6.07, 6.45) is 1.73. The average molecular weight is 369 g/mol. The van der Waals surface area contributed by atoms with E-state index in [1.54, 1.807) is 17.0 Å². The number of hydrogen-bond acceptors (Lipinski definition) is 4. The summed E-state index contributed by atoms with van der Waals surface area (Å²) >= 11 is 7.49. The minimum Gasteiger partial charge on any atom is -0.390 e. The van der Waals surface area contributed by atoms with E-state index in [0.29, 0.717) is 28.1 Å². The zero-order valence-electron chi connectivity index (χ0n) is 13.0. The summed E-state index contributed by atoms with van der Waals surface area (Å²) in [4.78, 5) is 17.1. The smallest absolute Gasteiger partial charge is 0.265 e. The Balaban J connectivity index is 1.60. The van der Waals surface area contributed by atoms with Crippen molar-refractivity contribution in [2.45, 2.75) is 25.0 Å². The van der Waals surface area contributed by atoms with Crippen molar-refractivity contribution >= 4 is 38.9 Å². The van der Waals surface area contributed by atoms with E-state index >= 15 is 0 Å². The molecule has 1 aromatic carbocycles. The van der Waals surface area contributed by atoms with Crippen LogP contribution in [0.4, 0.5) is 4.39 Å². The van der Waals surface area contributed by atoms with Crippen molar-refractivity contribution in [2.24, 2.45) is 0 Å². The lowest BCUT2D eigenvalue weighted by atomic mass is 10.2. The molecular weight excluding hydrogens is 351 g/mol. The minimum absolute atomic E-state index is 0.0126. The maximum atomic E-state index is 14.0. The highest BCUT2D eigenvalue weighted by molar-refractivity contribution is 7.21. The summed E-state index contributed by atoms with van der Waals surface area (Å²) in [7, 11) is 0. The van der Waals surface area contributed by atoms with Crippen molar-refractivity contribution in [3.05, 3.63) is 33.9 Å². The fourth-order valence-corrected chi connectivity index (χ4v) is 5.24. The molecule has 1 N–H and O–H groups in total. The summed E-state index contributed by atoms with van der Waals surface area (Å²) in [6.45, 7) is 2.73. The third-order valence-corrected chi connectivity index (χ3v) is 6.59. The zero-order chi connectivity index (χ0) is 16.8. The topological polar surface area (TPSA) is 43.8 Å². The van der Waals surface area contributed by atoms with Crippen molar-refractivity contribution in [1.82, 2.24) is 9.80 Å². The quantitative estimate of drug-likeness (QED) is 0.886. The molecule has 1 amide bonds. The number of hydrogen-bond donors (Lipinski definition) is 1. The highest BCUT2D eigenvalue weighted by Crippen LogP contribution is 2.38. The molecule has 1 aromatic heterocycles. The van der Waals surface area contributed by atoms with E-state index in [-0.39, 0.29) is 17.0 Å². The van der Waals surface area contributed by atoms with Gasteiger partial charge in [-0.1, -0.05) is 17.7 Å². The van der Waals surface area contributed by atoms with Crippen LogP contribution in [-0.2, 0) is 0 Å². The second-order valence-electron chi connectivity index (χ2n) is 6.45. The molecule has 0 radical (unpaired) electrons. The number of thiophene rings is 1. The summed E-state index contributed by atoms with van der Waals surface area (Å²) in [5.74, 6) is -0.634. The van der Waals surface area contributed by atoms with Gasteiger partial charge in [-0.15, -0.1) is 11.3 Å². The average Bonchev–Trinajstić information content (AvgIpc) is 3.26. The van der Waals surface area contributed by atoms with Gasteiger partial charge in [0.15, 0.2) is 0 Å². The molecular formula is C17H18ClFN2O2S. The van der Waals surface area contributed by atoms with Crippen LogP contribution < -0.4 is 0 Å². The van der Waals surface area contributed by atoms with Gasteiger partial charge < -0.3 is 10.0 Å². The minimum atomic E-state index is -0.545. The van der Waals surface area contributed by atoms with Crippen LogP contribution in [-0.4, -0.2) is 59.1 Å².